The predicted molar refractivity (Wildman–Crippen MR) is 153 cm³/mol. The molecular weight excluding hydrogens is 458 g/mol. The fourth-order valence-corrected chi connectivity index (χ4v) is 4.76. The Morgan fingerprint density at radius 3 is 2.41 bits per heavy atom. The van der Waals surface area contributed by atoms with Crippen LogP contribution in [-0.2, 0) is 22.6 Å². The van der Waals surface area contributed by atoms with Crippen molar-refractivity contribution in [3.8, 4) is 0 Å². The Bertz CT molecular complexity index is 1240. The van der Waals surface area contributed by atoms with Crippen molar-refractivity contribution in [2.75, 3.05) is 36.0 Å². The van der Waals surface area contributed by atoms with Gasteiger partial charge >= 0.3 is 0 Å². The molecule has 0 atom stereocenters. The highest BCUT2D eigenvalue weighted by Crippen LogP contribution is 2.32. The van der Waals surface area contributed by atoms with E-state index in [9.17, 15) is 9.59 Å². The third kappa shape index (κ3) is 7.05. The SMILES string of the molecule is C=CCN(CCCN(C(=O)C=Cc1ccccc1)c1ccc2c(c1)N(C(C)=O)CC2)Cc1ccccc1. The molecule has 5 heteroatoms. The van der Waals surface area contributed by atoms with Gasteiger partial charge in [0.15, 0.2) is 0 Å². The molecule has 0 spiro atoms. The molecule has 0 bridgehead atoms. The minimum absolute atomic E-state index is 0.0266. The molecule has 4 rings (SSSR count). The van der Waals surface area contributed by atoms with E-state index in [-0.39, 0.29) is 11.8 Å². The summed E-state index contributed by atoms with van der Waals surface area (Å²) in [6.45, 7) is 9.21. The lowest BCUT2D eigenvalue weighted by Gasteiger charge is -2.26. The van der Waals surface area contributed by atoms with Crippen LogP contribution < -0.4 is 9.80 Å². The van der Waals surface area contributed by atoms with E-state index in [1.54, 1.807) is 17.9 Å². The van der Waals surface area contributed by atoms with Gasteiger partial charge in [0.25, 0.3) is 5.91 Å². The fourth-order valence-electron chi connectivity index (χ4n) is 4.76. The number of hydrogen-bond acceptors (Lipinski definition) is 3. The Balaban J connectivity index is 1.52. The standard InChI is InChI=1S/C32H35N3O2/c1-3-20-33(25-28-13-8-5-9-14-28)21-10-22-35(32(37)18-15-27-11-6-4-7-12-27)30-17-16-29-19-23-34(26(2)36)31(29)24-30/h3-9,11-18,24H,1,10,19-23,25H2,2H3. The summed E-state index contributed by atoms with van der Waals surface area (Å²) in [5, 5.41) is 0. The summed E-state index contributed by atoms with van der Waals surface area (Å²) in [6, 6.07) is 26.3. The molecule has 37 heavy (non-hydrogen) atoms. The molecule has 0 radical (unpaired) electrons. The van der Waals surface area contributed by atoms with Crippen LogP contribution in [0.4, 0.5) is 11.4 Å². The second-order valence-electron chi connectivity index (χ2n) is 9.33. The summed E-state index contributed by atoms with van der Waals surface area (Å²) in [7, 11) is 0. The molecule has 0 saturated heterocycles. The topological polar surface area (TPSA) is 43.9 Å². The molecular formula is C32H35N3O2. The molecule has 1 aliphatic heterocycles. The highest BCUT2D eigenvalue weighted by atomic mass is 16.2. The molecule has 3 aromatic carbocycles. The summed E-state index contributed by atoms with van der Waals surface area (Å²) in [6.07, 6.45) is 7.05. The van der Waals surface area contributed by atoms with E-state index in [2.05, 4.69) is 35.7 Å². The molecule has 5 nitrogen and oxygen atoms in total. The van der Waals surface area contributed by atoms with E-state index in [4.69, 9.17) is 0 Å². The summed E-state index contributed by atoms with van der Waals surface area (Å²) >= 11 is 0. The summed E-state index contributed by atoms with van der Waals surface area (Å²) < 4.78 is 0. The molecule has 1 heterocycles. The highest BCUT2D eigenvalue weighted by Gasteiger charge is 2.24. The number of carbonyl (C=O) groups is 2. The van der Waals surface area contributed by atoms with Gasteiger partial charge in [-0.25, -0.2) is 0 Å². The third-order valence-corrected chi connectivity index (χ3v) is 6.63. The van der Waals surface area contributed by atoms with E-state index < -0.39 is 0 Å². The molecule has 190 valence electrons. The van der Waals surface area contributed by atoms with Crippen molar-refractivity contribution in [3.63, 3.8) is 0 Å². The van der Waals surface area contributed by atoms with Crippen LogP contribution in [0.25, 0.3) is 6.08 Å². The van der Waals surface area contributed by atoms with Gasteiger partial charge < -0.3 is 9.80 Å². The third-order valence-electron chi connectivity index (χ3n) is 6.63. The van der Waals surface area contributed by atoms with E-state index in [1.165, 1.54) is 5.56 Å². The summed E-state index contributed by atoms with van der Waals surface area (Å²) in [5.74, 6) is -0.0479. The first-order chi connectivity index (χ1) is 18.0. The van der Waals surface area contributed by atoms with E-state index in [1.807, 2.05) is 71.6 Å². The van der Waals surface area contributed by atoms with Crippen LogP contribution in [0.5, 0.6) is 0 Å². The molecule has 2 amide bonds. The largest absolute Gasteiger partial charge is 0.312 e. The maximum atomic E-state index is 13.5. The minimum atomic E-state index is -0.0745. The zero-order valence-electron chi connectivity index (χ0n) is 21.6. The van der Waals surface area contributed by atoms with E-state index >= 15 is 0 Å². The molecule has 3 aromatic rings. The van der Waals surface area contributed by atoms with E-state index in [0.29, 0.717) is 13.1 Å². The smallest absolute Gasteiger partial charge is 0.250 e. The highest BCUT2D eigenvalue weighted by molar-refractivity contribution is 6.04. The van der Waals surface area contributed by atoms with Crippen LogP contribution in [0.15, 0.2) is 97.6 Å². The Morgan fingerprint density at radius 2 is 1.70 bits per heavy atom. The van der Waals surface area contributed by atoms with Crippen LogP contribution >= 0.6 is 0 Å². The molecule has 0 N–H and O–H groups in total. The normalized spacial score (nSPS) is 12.6. The second-order valence-corrected chi connectivity index (χ2v) is 9.33. The van der Waals surface area contributed by atoms with Crippen molar-refractivity contribution in [2.45, 2.75) is 26.3 Å². The first-order valence-electron chi connectivity index (χ1n) is 12.9. The van der Waals surface area contributed by atoms with Crippen LogP contribution in [0, 0.1) is 0 Å². The van der Waals surface area contributed by atoms with Crippen molar-refractivity contribution in [2.24, 2.45) is 0 Å². The number of rotatable bonds is 11. The first kappa shape index (κ1) is 26.1. The second kappa shape index (κ2) is 12.8. The van der Waals surface area contributed by atoms with Crippen molar-refractivity contribution in [1.29, 1.82) is 0 Å². The van der Waals surface area contributed by atoms with Gasteiger partial charge in [-0.3, -0.25) is 14.5 Å². The number of fused-ring (bicyclic) bond motifs is 1. The number of amides is 2. The maximum Gasteiger partial charge on any atom is 0.250 e. The Hall–Kier alpha value is -3.96. The molecule has 0 aliphatic carbocycles. The average Bonchev–Trinajstić information content (AvgIpc) is 3.35. The fraction of sp³-hybridized carbons (Fsp3) is 0.250. The Labute approximate surface area is 220 Å². The molecule has 1 aliphatic rings. The maximum absolute atomic E-state index is 13.5. The van der Waals surface area contributed by atoms with Gasteiger partial charge in [-0.2, -0.15) is 0 Å². The van der Waals surface area contributed by atoms with Gasteiger partial charge in [0.1, 0.15) is 0 Å². The van der Waals surface area contributed by atoms with E-state index in [0.717, 1.165) is 55.0 Å². The van der Waals surface area contributed by atoms with Crippen molar-refractivity contribution in [3.05, 3.63) is 114 Å². The number of anilines is 2. The molecule has 0 fully saturated rings. The first-order valence-corrected chi connectivity index (χ1v) is 12.9. The van der Waals surface area contributed by atoms with Gasteiger partial charge in [0.2, 0.25) is 5.91 Å². The van der Waals surface area contributed by atoms with Gasteiger partial charge in [0, 0.05) is 57.1 Å². The zero-order chi connectivity index (χ0) is 26.0. The van der Waals surface area contributed by atoms with Crippen LogP contribution in [0.2, 0.25) is 0 Å². The number of carbonyl (C=O) groups excluding carboxylic acids is 2. The number of hydrogen-bond donors (Lipinski definition) is 0. The van der Waals surface area contributed by atoms with Crippen molar-refractivity contribution in [1.82, 2.24) is 4.90 Å². The quantitative estimate of drug-likeness (QED) is 0.253. The zero-order valence-corrected chi connectivity index (χ0v) is 21.6. The predicted octanol–water partition coefficient (Wildman–Crippen LogP) is 5.72. The molecule has 0 aromatic heterocycles. The Kier molecular flexibility index (Phi) is 9.06. The molecule has 0 unspecified atom stereocenters. The molecule has 0 saturated carbocycles. The van der Waals surface area contributed by atoms with Crippen LogP contribution in [0.3, 0.4) is 0 Å². The van der Waals surface area contributed by atoms with Crippen LogP contribution in [-0.4, -0.2) is 42.9 Å². The van der Waals surface area contributed by atoms with Crippen molar-refractivity contribution >= 4 is 29.3 Å². The monoisotopic (exact) mass is 493 g/mol. The van der Waals surface area contributed by atoms with Crippen LogP contribution in [0.1, 0.15) is 30.0 Å². The lowest BCUT2D eigenvalue weighted by atomic mass is 10.1. The van der Waals surface area contributed by atoms with Gasteiger partial charge in [-0.15, -0.1) is 6.58 Å². The van der Waals surface area contributed by atoms with Gasteiger partial charge in [-0.1, -0.05) is 72.8 Å². The summed E-state index contributed by atoms with van der Waals surface area (Å²) in [5.41, 5.74) is 5.10. The van der Waals surface area contributed by atoms with Gasteiger partial charge in [-0.05, 0) is 47.7 Å². The number of nitrogens with zero attached hydrogens (tertiary/aromatic N) is 3. The lowest BCUT2D eigenvalue weighted by molar-refractivity contribution is -0.116. The lowest BCUT2D eigenvalue weighted by Crippen LogP contribution is -2.34. The Morgan fingerprint density at radius 1 is 0.973 bits per heavy atom. The summed E-state index contributed by atoms with van der Waals surface area (Å²) in [4.78, 5) is 31.6. The minimum Gasteiger partial charge on any atom is -0.312 e. The van der Waals surface area contributed by atoms with Gasteiger partial charge in [0.05, 0.1) is 0 Å². The average molecular weight is 494 g/mol. The number of benzene rings is 3. The van der Waals surface area contributed by atoms with Crippen molar-refractivity contribution < 1.29 is 9.59 Å².